The Labute approximate surface area is 217 Å². The Kier molecular flexibility index (Phi) is 8.67. The van der Waals surface area contributed by atoms with Crippen LogP contribution in [0.1, 0.15) is 52.9 Å². The maximum absolute atomic E-state index is 13.0. The van der Waals surface area contributed by atoms with Crippen molar-refractivity contribution in [3.05, 3.63) is 83.0 Å². The number of carboxylic acids is 1. The van der Waals surface area contributed by atoms with Crippen molar-refractivity contribution in [3.8, 4) is 5.88 Å². The van der Waals surface area contributed by atoms with Crippen LogP contribution in [0.2, 0.25) is 0 Å². The van der Waals surface area contributed by atoms with Gasteiger partial charge in [-0.25, -0.2) is 9.48 Å². The second-order valence-corrected chi connectivity index (χ2v) is 9.11. The molecule has 2 atom stereocenters. The van der Waals surface area contributed by atoms with Gasteiger partial charge in [0.05, 0.1) is 24.3 Å². The lowest BCUT2D eigenvalue weighted by Gasteiger charge is -2.32. The number of halogens is 3. The van der Waals surface area contributed by atoms with Gasteiger partial charge in [-0.3, -0.25) is 4.79 Å². The monoisotopic (exact) mass is 531 g/mol. The number of alkyl halides is 3. The summed E-state index contributed by atoms with van der Waals surface area (Å²) in [4.78, 5) is 24.4. The SMILES string of the molecule is O=C(Cn1nc(C(=O)O)cc1OCc1cccc(C(F)(F)F)c1)N[C@H]1CCCC[C@@H]1OCc1ccccc1. The highest BCUT2D eigenvalue weighted by atomic mass is 19.4. The molecule has 0 saturated heterocycles. The first-order valence-corrected chi connectivity index (χ1v) is 12.2. The lowest BCUT2D eigenvalue weighted by Crippen LogP contribution is -2.47. The van der Waals surface area contributed by atoms with Crippen LogP contribution in [0.3, 0.4) is 0 Å². The fourth-order valence-corrected chi connectivity index (χ4v) is 4.36. The van der Waals surface area contributed by atoms with E-state index in [4.69, 9.17) is 9.47 Å². The molecule has 0 unspecified atom stereocenters. The van der Waals surface area contributed by atoms with Crippen molar-refractivity contribution in [2.24, 2.45) is 0 Å². The summed E-state index contributed by atoms with van der Waals surface area (Å²) in [5.74, 6) is -1.78. The standard InChI is InChI=1S/C27H28F3N3O5/c28-27(29,30)20-10-6-9-19(13-20)17-38-25-14-22(26(35)36)32-33(25)15-24(34)31-21-11-4-5-12-23(21)37-16-18-7-2-1-3-8-18/h1-3,6-10,13-14,21,23H,4-5,11-12,15-17H2,(H,31,34)(H,35,36)/t21-,23-/m0/s1. The first-order valence-electron chi connectivity index (χ1n) is 12.2. The van der Waals surface area contributed by atoms with Crippen molar-refractivity contribution in [2.75, 3.05) is 0 Å². The minimum absolute atomic E-state index is 0.0458. The van der Waals surface area contributed by atoms with Crippen LogP contribution in [-0.4, -0.2) is 38.9 Å². The Morgan fingerprint density at radius 3 is 2.47 bits per heavy atom. The second kappa shape index (κ2) is 12.1. The molecule has 38 heavy (non-hydrogen) atoms. The fraction of sp³-hybridized carbons (Fsp3) is 0.370. The molecule has 2 aromatic carbocycles. The predicted molar refractivity (Wildman–Crippen MR) is 130 cm³/mol. The summed E-state index contributed by atoms with van der Waals surface area (Å²) in [6.07, 6.45) is -1.21. The Bertz CT molecular complexity index is 1250. The average Bonchev–Trinajstić information content (AvgIpc) is 3.30. The van der Waals surface area contributed by atoms with E-state index in [1.807, 2.05) is 30.3 Å². The molecule has 0 aliphatic heterocycles. The smallest absolute Gasteiger partial charge is 0.416 e. The van der Waals surface area contributed by atoms with Gasteiger partial charge in [0.2, 0.25) is 11.8 Å². The molecule has 1 aliphatic carbocycles. The number of benzene rings is 2. The van der Waals surface area contributed by atoms with Gasteiger partial charge in [0.25, 0.3) is 0 Å². The summed E-state index contributed by atoms with van der Waals surface area (Å²) in [6.45, 7) is -0.173. The summed E-state index contributed by atoms with van der Waals surface area (Å²) in [5.41, 5.74) is 0.0887. The van der Waals surface area contributed by atoms with Gasteiger partial charge in [-0.2, -0.15) is 18.3 Å². The van der Waals surface area contributed by atoms with Crippen LogP contribution < -0.4 is 10.1 Å². The normalized spacial score (nSPS) is 17.7. The zero-order chi connectivity index (χ0) is 27.1. The lowest BCUT2D eigenvalue weighted by atomic mass is 9.92. The van der Waals surface area contributed by atoms with Crippen LogP contribution in [0, 0.1) is 0 Å². The number of ether oxygens (including phenoxy) is 2. The van der Waals surface area contributed by atoms with E-state index in [2.05, 4.69) is 10.4 Å². The van der Waals surface area contributed by atoms with Crippen LogP contribution in [0.15, 0.2) is 60.7 Å². The molecule has 1 aromatic heterocycles. The number of nitrogens with one attached hydrogen (secondary N) is 1. The number of amides is 1. The molecule has 4 rings (SSSR count). The molecular weight excluding hydrogens is 503 g/mol. The Morgan fingerprint density at radius 2 is 1.74 bits per heavy atom. The highest BCUT2D eigenvalue weighted by molar-refractivity contribution is 5.85. The average molecular weight is 532 g/mol. The number of carbonyl (C=O) groups excluding carboxylic acids is 1. The molecule has 1 saturated carbocycles. The fourth-order valence-electron chi connectivity index (χ4n) is 4.36. The quantitative estimate of drug-likeness (QED) is 0.389. The van der Waals surface area contributed by atoms with Crippen LogP contribution in [-0.2, 0) is 35.5 Å². The second-order valence-electron chi connectivity index (χ2n) is 9.11. The first kappa shape index (κ1) is 27.2. The van der Waals surface area contributed by atoms with Crippen LogP contribution in [0.4, 0.5) is 13.2 Å². The maximum Gasteiger partial charge on any atom is 0.416 e. The van der Waals surface area contributed by atoms with Crippen LogP contribution in [0.25, 0.3) is 0 Å². The van der Waals surface area contributed by atoms with E-state index >= 15 is 0 Å². The van der Waals surface area contributed by atoms with Crippen molar-refractivity contribution in [2.45, 2.75) is 63.8 Å². The number of carbonyl (C=O) groups is 2. The number of hydrogen-bond acceptors (Lipinski definition) is 5. The molecule has 1 fully saturated rings. The summed E-state index contributed by atoms with van der Waals surface area (Å²) >= 11 is 0. The van der Waals surface area contributed by atoms with Crippen LogP contribution >= 0.6 is 0 Å². The summed E-state index contributed by atoms with van der Waals surface area (Å²) in [6, 6.07) is 15.3. The molecule has 2 N–H and O–H groups in total. The number of nitrogens with zero attached hydrogens (tertiary/aromatic N) is 2. The van der Waals surface area contributed by atoms with Crippen molar-refractivity contribution < 1.29 is 37.3 Å². The summed E-state index contributed by atoms with van der Waals surface area (Å²) < 4.78 is 51.8. The molecule has 1 heterocycles. The molecule has 1 aliphatic rings. The third-order valence-electron chi connectivity index (χ3n) is 6.25. The van der Waals surface area contributed by atoms with Crippen molar-refractivity contribution in [3.63, 3.8) is 0 Å². The number of aromatic carboxylic acids is 1. The van der Waals surface area contributed by atoms with Gasteiger partial charge in [0.15, 0.2) is 5.69 Å². The van der Waals surface area contributed by atoms with Gasteiger partial charge in [0, 0.05) is 6.07 Å². The molecule has 0 spiro atoms. The van der Waals surface area contributed by atoms with Crippen molar-refractivity contribution >= 4 is 11.9 Å². The van der Waals surface area contributed by atoms with Gasteiger partial charge >= 0.3 is 12.1 Å². The molecule has 202 valence electrons. The molecule has 0 bridgehead atoms. The molecular formula is C27H28F3N3O5. The van der Waals surface area contributed by atoms with E-state index in [1.54, 1.807) is 0 Å². The van der Waals surface area contributed by atoms with Gasteiger partial charge in [-0.05, 0) is 36.1 Å². The number of hydrogen-bond donors (Lipinski definition) is 2. The summed E-state index contributed by atoms with van der Waals surface area (Å²) in [5, 5.41) is 16.2. The van der Waals surface area contributed by atoms with Crippen LogP contribution in [0.5, 0.6) is 5.88 Å². The van der Waals surface area contributed by atoms with Gasteiger partial charge in [0.1, 0.15) is 13.2 Å². The van der Waals surface area contributed by atoms with E-state index in [0.29, 0.717) is 6.61 Å². The molecule has 1 amide bonds. The van der Waals surface area contributed by atoms with E-state index in [9.17, 15) is 27.9 Å². The Morgan fingerprint density at radius 1 is 1.00 bits per heavy atom. The highest BCUT2D eigenvalue weighted by Crippen LogP contribution is 2.30. The van der Waals surface area contributed by atoms with Gasteiger partial charge < -0.3 is 19.9 Å². The van der Waals surface area contributed by atoms with E-state index < -0.39 is 23.6 Å². The third-order valence-corrected chi connectivity index (χ3v) is 6.25. The zero-order valence-electron chi connectivity index (χ0n) is 20.5. The topological polar surface area (TPSA) is 103 Å². The maximum atomic E-state index is 13.0. The highest BCUT2D eigenvalue weighted by Gasteiger charge is 2.31. The number of carboxylic acid groups (broad SMARTS) is 1. The largest absolute Gasteiger partial charge is 0.476 e. The molecule has 11 heteroatoms. The lowest BCUT2D eigenvalue weighted by molar-refractivity contribution is -0.137. The zero-order valence-corrected chi connectivity index (χ0v) is 20.5. The predicted octanol–water partition coefficient (Wildman–Crippen LogP) is 4.82. The summed E-state index contributed by atoms with van der Waals surface area (Å²) in [7, 11) is 0. The number of aromatic nitrogens is 2. The minimum Gasteiger partial charge on any atom is -0.476 e. The molecule has 8 nitrogen and oxygen atoms in total. The molecule has 0 radical (unpaired) electrons. The third kappa shape index (κ3) is 7.34. The first-order chi connectivity index (χ1) is 18.2. The van der Waals surface area contributed by atoms with Crippen molar-refractivity contribution in [1.82, 2.24) is 15.1 Å². The van der Waals surface area contributed by atoms with Crippen molar-refractivity contribution in [1.29, 1.82) is 0 Å². The van der Waals surface area contributed by atoms with E-state index in [0.717, 1.165) is 54.1 Å². The van der Waals surface area contributed by atoms with Gasteiger partial charge in [-0.15, -0.1) is 0 Å². The van der Waals surface area contributed by atoms with E-state index in [-0.39, 0.29) is 42.4 Å². The van der Waals surface area contributed by atoms with Gasteiger partial charge in [-0.1, -0.05) is 55.3 Å². The Hall–Kier alpha value is -3.86. The minimum atomic E-state index is -4.51. The van der Waals surface area contributed by atoms with E-state index in [1.165, 1.54) is 12.1 Å². The number of rotatable bonds is 10. The Balaban J connectivity index is 1.40. The molecule has 3 aromatic rings.